The number of carboxylic acids is 1. The van der Waals surface area contributed by atoms with Crippen LogP contribution in [0.5, 0.6) is 0 Å². The molecular weight excluding hydrogens is 190 g/mol. The SMILES string of the molecule is Cc1ccn(C/C=C/Cl)c1C(=O)O. The first-order chi connectivity index (χ1) is 6.16. The Labute approximate surface area is 81.2 Å². The van der Waals surface area contributed by atoms with Gasteiger partial charge in [0.05, 0.1) is 0 Å². The number of carboxylic acid groups (broad SMARTS) is 1. The third kappa shape index (κ3) is 2.12. The summed E-state index contributed by atoms with van der Waals surface area (Å²) in [5.74, 6) is -0.912. The number of rotatable bonds is 3. The van der Waals surface area contributed by atoms with Crippen LogP contribution in [-0.2, 0) is 6.54 Å². The van der Waals surface area contributed by atoms with Gasteiger partial charge < -0.3 is 9.67 Å². The quantitative estimate of drug-likeness (QED) is 0.812. The summed E-state index contributed by atoms with van der Waals surface area (Å²) in [6.07, 6.45) is 3.42. The first-order valence-electron chi connectivity index (χ1n) is 3.81. The summed E-state index contributed by atoms with van der Waals surface area (Å²) >= 11 is 5.35. The summed E-state index contributed by atoms with van der Waals surface area (Å²) in [5, 5.41) is 8.86. The number of hydrogen-bond acceptors (Lipinski definition) is 1. The predicted octanol–water partition coefficient (Wildman–Crippen LogP) is 2.25. The number of hydrogen-bond donors (Lipinski definition) is 1. The van der Waals surface area contributed by atoms with E-state index in [1.165, 1.54) is 5.54 Å². The van der Waals surface area contributed by atoms with E-state index in [4.69, 9.17) is 16.7 Å². The molecule has 4 heteroatoms. The average molecular weight is 200 g/mol. The van der Waals surface area contributed by atoms with E-state index in [1.54, 1.807) is 29.8 Å². The fraction of sp³-hybridized carbons (Fsp3) is 0.222. The molecule has 0 bridgehead atoms. The van der Waals surface area contributed by atoms with Crippen LogP contribution in [-0.4, -0.2) is 15.6 Å². The molecule has 1 aromatic rings. The average Bonchev–Trinajstić information content (AvgIpc) is 2.43. The normalized spacial score (nSPS) is 10.9. The number of aryl methyl sites for hydroxylation is 1. The lowest BCUT2D eigenvalue weighted by molar-refractivity contribution is 0.0685. The molecule has 1 aromatic heterocycles. The summed E-state index contributed by atoms with van der Waals surface area (Å²) in [7, 11) is 0. The molecule has 0 aliphatic heterocycles. The van der Waals surface area contributed by atoms with Crippen LogP contribution in [0.3, 0.4) is 0 Å². The molecule has 1 heterocycles. The zero-order valence-corrected chi connectivity index (χ0v) is 7.95. The van der Waals surface area contributed by atoms with Crippen molar-refractivity contribution in [2.75, 3.05) is 0 Å². The Balaban J connectivity index is 3.00. The van der Waals surface area contributed by atoms with Gasteiger partial charge in [0, 0.05) is 18.3 Å². The van der Waals surface area contributed by atoms with Crippen molar-refractivity contribution < 1.29 is 9.90 Å². The Hall–Kier alpha value is -1.22. The Bertz CT molecular complexity index is 341. The number of halogens is 1. The van der Waals surface area contributed by atoms with Crippen molar-refractivity contribution >= 4 is 17.6 Å². The first kappa shape index (κ1) is 9.86. The van der Waals surface area contributed by atoms with Gasteiger partial charge in [-0.15, -0.1) is 0 Å². The molecule has 0 atom stereocenters. The smallest absolute Gasteiger partial charge is 0.352 e. The molecule has 0 radical (unpaired) electrons. The molecule has 13 heavy (non-hydrogen) atoms. The van der Waals surface area contributed by atoms with Gasteiger partial charge in [-0.2, -0.15) is 0 Å². The van der Waals surface area contributed by atoms with Crippen molar-refractivity contribution in [3.8, 4) is 0 Å². The summed E-state index contributed by atoms with van der Waals surface area (Å²) in [6.45, 7) is 2.25. The zero-order valence-electron chi connectivity index (χ0n) is 7.20. The van der Waals surface area contributed by atoms with Crippen molar-refractivity contribution in [2.24, 2.45) is 0 Å². The first-order valence-corrected chi connectivity index (χ1v) is 4.24. The molecule has 0 aliphatic rings. The third-order valence-electron chi connectivity index (χ3n) is 1.76. The molecule has 0 saturated carbocycles. The number of allylic oxidation sites excluding steroid dienone is 1. The second-order valence-electron chi connectivity index (χ2n) is 2.67. The second-order valence-corrected chi connectivity index (χ2v) is 2.92. The fourth-order valence-electron chi connectivity index (χ4n) is 1.18. The molecule has 0 spiro atoms. The van der Waals surface area contributed by atoms with Gasteiger partial charge in [0.2, 0.25) is 0 Å². The highest BCUT2D eigenvalue weighted by atomic mass is 35.5. The minimum absolute atomic E-state index is 0.315. The van der Waals surface area contributed by atoms with Gasteiger partial charge in [-0.3, -0.25) is 0 Å². The van der Waals surface area contributed by atoms with Gasteiger partial charge >= 0.3 is 5.97 Å². The highest BCUT2D eigenvalue weighted by Gasteiger charge is 2.11. The summed E-state index contributed by atoms with van der Waals surface area (Å²) in [4.78, 5) is 10.8. The van der Waals surface area contributed by atoms with Crippen LogP contribution < -0.4 is 0 Å². The maximum Gasteiger partial charge on any atom is 0.352 e. The molecule has 1 rings (SSSR count). The van der Waals surface area contributed by atoms with Crippen LogP contribution in [0.1, 0.15) is 16.1 Å². The Kier molecular flexibility index (Phi) is 3.14. The van der Waals surface area contributed by atoms with Crippen molar-refractivity contribution in [2.45, 2.75) is 13.5 Å². The van der Waals surface area contributed by atoms with Crippen molar-refractivity contribution in [3.63, 3.8) is 0 Å². The molecule has 0 unspecified atom stereocenters. The van der Waals surface area contributed by atoms with Gasteiger partial charge in [0.15, 0.2) is 0 Å². The molecular formula is C9H10ClNO2. The number of aromatic carboxylic acids is 1. The molecule has 70 valence electrons. The highest BCUT2D eigenvalue weighted by Crippen LogP contribution is 2.09. The van der Waals surface area contributed by atoms with Crippen LogP contribution >= 0.6 is 11.6 Å². The second kappa shape index (κ2) is 4.14. The van der Waals surface area contributed by atoms with E-state index < -0.39 is 5.97 Å². The topological polar surface area (TPSA) is 42.2 Å². The Morgan fingerprint density at radius 2 is 2.46 bits per heavy atom. The van der Waals surface area contributed by atoms with E-state index in [0.717, 1.165) is 5.56 Å². The van der Waals surface area contributed by atoms with Gasteiger partial charge in [-0.1, -0.05) is 17.7 Å². The monoisotopic (exact) mass is 199 g/mol. The van der Waals surface area contributed by atoms with E-state index in [-0.39, 0.29) is 0 Å². The minimum Gasteiger partial charge on any atom is -0.477 e. The Morgan fingerprint density at radius 1 is 1.77 bits per heavy atom. The van der Waals surface area contributed by atoms with Gasteiger partial charge in [0.1, 0.15) is 5.69 Å². The highest BCUT2D eigenvalue weighted by molar-refractivity contribution is 6.25. The van der Waals surface area contributed by atoms with Crippen molar-refractivity contribution in [3.05, 3.63) is 35.1 Å². The maximum absolute atomic E-state index is 10.8. The van der Waals surface area contributed by atoms with E-state index in [9.17, 15) is 4.79 Å². The van der Waals surface area contributed by atoms with Gasteiger partial charge in [-0.25, -0.2) is 4.79 Å². The van der Waals surface area contributed by atoms with E-state index in [0.29, 0.717) is 12.2 Å². The molecule has 1 N–H and O–H groups in total. The maximum atomic E-state index is 10.8. The van der Waals surface area contributed by atoms with Crippen LogP contribution in [0.25, 0.3) is 0 Å². The molecule has 0 aromatic carbocycles. The molecule has 0 fully saturated rings. The third-order valence-corrected chi connectivity index (χ3v) is 1.94. The molecule has 3 nitrogen and oxygen atoms in total. The van der Waals surface area contributed by atoms with Crippen molar-refractivity contribution in [1.82, 2.24) is 4.57 Å². The Morgan fingerprint density at radius 3 is 3.00 bits per heavy atom. The lowest BCUT2D eigenvalue weighted by atomic mass is 10.3. The lowest BCUT2D eigenvalue weighted by Crippen LogP contribution is -2.08. The fourth-order valence-corrected chi connectivity index (χ4v) is 1.26. The van der Waals surface area contributed by atoms with Crippen LogP contribution in [0.2, 0.25) is 0 Å². The van der Waals surface area contributed by atoms with E-state index in [1.807, 2.05) is 0 Å². The molecule has 0 saturated heterocycles. The summed E-state index contributed by atoms with van der Waals surface area (Å²) < 4.78 is 1.64. The largest absolute Gasteiger partial charge is 0.477 e. The number of aromatic nitrogens is 1. The molecule has 0 aliphatic carbocycles. The van der Waals surface area contributed by atoms with Crippen LogP contribution in [0.15, 0.2) is 23.9 Å². The summed E-state index contributed by atoms with van der Waals surface area (Å²) in [5.41, 5.74) is 2.45. The van der Waals surface area contributed by atoms with Crippen LogP contribution in [0, 0.1) is 6.92 Å². The molecule has 0 amide bonds. The zero-order chi connectivity index (χ0) is 9.84. The standard InChI is InChI=1S/C9H10ClNO2/c1-7-3-6-11(5-2-4-10)8(7)9(12)13/h2-4,6H,5H2,1H3,(H,12,13)/b4-2+. The lowest BCUT2D eigenvalue weighted by Gasteiger charge is -2.02. The van der Waals surface area contributed by atoms with E-state index >= 15 is 0 Å². The number of carbonyl (C=O) groups is 1. The van der Waals surface area contributed by atoms with Gasteiger partial charge in [-0.05, 0) is 18.6 Å². The predicted molar refractivity (Wildman–Crippen MR) is 51.1 cm³/mol. The van der Waals surface area contributed by atoms with Crippen LogP contribution in [0.4, 0.5) is 0 Å². The van der Waals surface area contributed by atoms with Crippen molar-refractivity contribution in [1.29, 1.82) is 0 Å². The van der Waals surface area contributed by atoms with Gasteiger partial charge in [0.25, 0.3) is 0 Å². The minimum atomic E-state index is -0.912. The number of nitrogens with zero attached hydrogens (tertiary/aromatic N) is 1. The van der Waals surface area contributed by atoms with E-state index in [2.05, 4.69) is 0 Å². The summed E-state index contributed by atoms with van der Waals surface area (Å²) in [6, 6.07) is 1.77.